The molecular weight excluding hydrogens is 366 g/mol. The number of hydrogen-bond acceptors (Lipinski definition) is 6. The van der Waals surface area contributed by atoms with Gasteiger partial charge in [-0.15, -0.1) is 0 Å². The third kappa shape index (κ3) is 3.61. The number of nitrogens with zero attached hydrogens (tertiary/aromatic N) is 3. The van der Waals surface area contributed by atoms with E-state index in [4.69, 9.17) is 4.74 Å². The van der Waals surface area contributed by atoms with Gasteiger partial charge >= 0.3 is 0 Å². The summed E-state index contributed by atoms with van der Waals surface area (Å²) in [4.78, 5) is -0.399. The zero-order valence-corrected chi connectivity index (χ0v) is 15.5. The molecule has 0 spiro atoms. The Morgan fingerprint density at radius 2 is 1.84 bits per heavy atom. The van der Waals surface area contributed by atoms with Crippen LogP contribution in [-0.4, -0.2) is 56.9 Å². The minimum atomic E-state index is -3.96. The summed E-state index contributed by atoms with van der Waals surface area (Å²) in [5.41, 5.74) is 0.777. The van der Waals surface area contributed by atoms with E-state index in [9.17, 15) is 16.8 Å². The van der Waals surface area contributed by atoms with Gasteiger partial charge in [-0.2, -0.15) is 9.40 Å². The Morgan fingerprint density at radius 3 is 2.44 bits per heavy atom. The molecule has 1 unspecified atom stereocenters. The first-order valence-corrected chi connectivity index (χ1v) is 10.9. The zero-order chi connectivity index (χ0) is 18.2. The van der Waals surface area contributed by atoms with Crippen molar-refractivity contribution in [3.8, 4) is 0 Å². The SMILES string of the molecule is Cn1cc(C2CN(S(=O)(=O)c3ccccc3S(C)(=O)=O)CCO2)cn1. The molecule has 1 fully saturated rings. The number of sulfone groups is 1. The Kier molecular flexibility index (Phi) is 4.71. The zero-order valence-electron chi connectivity index (χ0n) is 13.9. The molecule has 0 N–H and O–H groups in total. The fraction of sp³-hybridized carbons (Fsp3) is 0.400. The standard InChI is InChI=1S/C15H19N3O5S2/c1-17-10-12(9-16-17)13-11-18(7-8-23-13)25(21,22)15-6-4-3-5-14(15)24(2,19)20/h3-6,9-10,13H,7-8,11H2,1-2H3. The molecule has 1 aromatic heterocycles. The average Bonchev–Trinajstić information content (AvgIpc) is 3.01. The van der Waals surface area contributed by atoms with Crippen molar-refractivity contribution in [3.63, 3.8) is 0 Å². The lowest BCUT2D eigenvalue weighted by Crippen LogP contribution is -2.42. The van der Waals surface area contributed by atoms with Crippen LogP contribution in [0.5, 0.6) is 0 Å². The average molecular weight is 385 g/mol. The number of sulfonamides is 1. The summed E-state index contributed by atoms with van der Waals surface area (Å²) in [6.07, 6.45) is 3.96. The van der Waals surface area contributed by atoms with E-state index >= 15 is 0 Å². The molecule has 25 heavy (non-hydrogen) atoms. The number of benzene rings is 1. The monoisotopic (exact) mass is 385 g/mol. The van der Waals surface area contributed by atoms with E-state index in [1.54, 1.807) is 24.1 Å². The van der Waals surface area contributed by atoms with Gasteiger partial charge in [0.2, 0.25) is 10.0 Å². The molecule has 1 aromatic carbocycles. The van der Waals surface area contributed by atoms with Crippen molar-refractivity contribution in [3.05, 3.63) is 42.2 Å². The second kappa shape index (κ2) is 6.52. The van der Waals surface area contributed by atoms with E-state index in [1.807, 2.05) is 0 Å². The molecule has 1 aliphatic heterocycles. The molecule has 2 heterocycles. The highest BCUT2D eigenvalue weighted by molar-refractivity contribution is 7.93. The van der Waals surface area contributed by atoms with Crippen molar-refractivity contribution in [2.24, 2.45) is 7.05 Å². The summed E-state index contributed by atoms with van der Waals surface area (Å²) in [5.74, 6) is 0. The first-order chi connectivity index (χ1) is 11.7. The van der Waals surface area contributed by atoms with Crippen molar-refractivity contribution in [2.45, 2.75) is 15.9 Å². The van der Waals surface area contributed by atoms with Gasteiger partial charge in [-0.1, -0.05) is 12.1 Å². The number of ether oxygens (including phenoxy) is 1. The maximum atomic E-state index is 13.0. The lowest BCUT2D eigenvalue weighted by atomic mass is 10.2. The first kappa shape index (κ1) is 18.1. The number of morpholine rings is 1. The van der Waals surface area contributed by atoms with E-state index in [0.717, 1.165) is 11.8 Å². The van der Waals surface area contributed by atoms with Gasteiger partial charge in [-0.25, -0.2) is 16.8 Å². The minimum Gasteiger partial charge on any atom is -0.371 e. The van der Waals surface area contributed by atoms with Gasteiger partial charge in [0.15, 0.2) is 9.84 Å². The lowest BCUT2D eigenvalue weighted by Gasteiger charge is -2.32. The van der Waals surface area contributed by atoms with E-state index < -0.39 is 26.0 Å². The van der Waals surface area contributed by atoms with Gasteiger partial charge in [-0.05, 0) is 12.1 Å². The molecule has 1 atom stereocenters. The molecule has 0 saturated carbocycles. The predicted octanol–water partition coefficient (Wildman–Crippen LogP) is 0.586. The Labute approximate surface area is 147 Å². The predicted molar refractivity (Wildman–Crippen MR) is 90.2 cm³/mol. The van der Waals surface area contributed by atoms with Crippen LogP contribution < -0.4 is 0 Å². The molecule has 3 rings (SSSR count). The molecule has 1 aliphatic rings. The van der Waals surface area contributed by atoms with Crippen LogP contribution in [0.4, 0.5) is 0 Å². The van der Waals surface area contributed by atoms with Crippen LogP contribution in [0.1, 0.15) is 11.7 Å². The molecule has 10 heteroatoms. The summed E-state index contributed by atoms with van der Waals surface area (Å²) in [6.45, 7) is 0.489. The molecule has 0 amide bonds. The largest absolute Gasteiger partial charge is 0.371 e. The molecule has 8 nitrogen and oxygen atoms in total. The summed E-state index contributed by atoms with van der Waals surface area (Å²) >= 11 is 0. The molecule has 136 valence electrons. The Hall–Kier alpha value is -1.75. The highest BCUT2D eigenvalue weighted by Gasteiger charge is 2.34. The van der Waals surface area contributed by atoms with E-state index in [1.165, 1.54) is 28.6 Å². The smallest absolute Gasteiger partial charge is 0.244 e. The quantitative estimate of drug-likeness (QED) is 0.764. The summed E-state index contributed by atoms with van der Waals surface area (Å²) in [6, 6.07) is 5.65. The van der Waals surface area contributed by atoms with Crippen LogP contribution in [0.3, 0.4) is 0 Å². The summed E-state index contributed by atoms with van der Waals surface area (Å²) in [5, 5.41) is 4.07. The number of aromatic nitrogens is 2. The van der Waals surface area contributed by atoms with Gasteiger partial charge in [0.1, 0.15) is 4.90 Å². The van der Waals surface area contributed by atoms with Crippen LogP contribution in [0.15, 0.2) is 46.5 Å². The van der Waals surface area contributed by atoms with Crippen LogP contribution >= 0.6 is 0 Å². The third-order valence-corrected chi connectivity index (χ3v) is 7.20. The van der Waals surface area contributed by atoms with Crippen molar-refractivity contribution in [1.29, 1.82) is 0 Å². The highest BCUT2D eigenvalue weighted by Crippen LogP contribution is 2.29. The fourth-order valence-corrected chi connectivity index (χ4v) is 5.79. The van der Waals surface area contributed by atoms with Crippen LogP contribution in [-0.2, 0) is 31.6 Å². The number of rotatable bonds is 4. The third-order valence-electron chi connectivity index (χ3n) is 3.99. The highest BCUT2D eigenvalue weighted by atomic mass is 32.2. The first-order valence-electron chi connectivity index (χ1n) is 7.59. The maximum Gasteiger partial charge on any atom is 0.244 e. The molecule has 0 aliphatic carbocycles. The lowest BCUT2D eigenvalue weighted by molar-refractivity contribution is -0.00263. The van der Waals surface area contributed by atoms with Gasteiger partial charge in [0, 0.05) is 38.2 Å². The van der Waals surface area contributed by atoms with E-state index in [0.29, 0.717) is 0 Å². The van der Waals surface area contributed by atoms with Crippen molar-refractivity contribution >= 4 is 19.9 Å². The van der Waals surface area contributed by atoms with Gasteiger partial charge in [-0.3, -0.25) is 4.68 Å². The second-order valence-corrected chi connectivity index (χ2v) is 9.78. The summed E-state index contributed by atoms with van der Waals surface area (Å²) < 4.78 is 58.5. The Bertz CT molecular complexity index is 982. The summed E-state index contributed by atoms with van der Waals surface area (Å²) in [7, 11) is -5.86. The molecular formula is C15H19N3O5S2. The number of hydrogen-bond donors (Lipinski definition) is 0. The van der Waals surface area contributed by atoms with Crippen molar-refractivity contribution < 1.29 is 21.6 Å². The van der Waals surface area contributed by atoms with Crippen molar-refractivity contribution in [1.82, 2.24) is 14.1 Å². The normalized spacial score (nSPS) is 19.8. The Balaban J connectivity index is 1.95. The van der Waals surface area contributed by atoms with E-state index in [-0.39, 0.29) is 29.5 Å². The molecule has 0 bridgehead atoms. The Morgan fingerprint density at radius 1 is 1.16 bits per heavy atom. The minimum absolute atomic E-state index is 0.103. The molecule has 2 aromatic rings. The second-order valence-electron chi connectivity index (χ2n) is 5.89. The number of aryl methyl sites for hydroxylation is 1. The van der Waals surface area contributed by atoms with Gasteiger partial charge in [0.25, 0.3) is 0 Å². The topological polar surface area (TPSA) is 98.6 Å². The van der Waals surface area contributed by atoms with Gasteiger partial charge < -0.3 is 4.74 Å². The van der Waals surface area contributed by atoms with E-state index in [2.05, 4.69) is 5.10 Å². The maximum absolute atomic E-state index is 13.0. The van der Waals surface area contributed by atoms with Crippen LogP contribution in [0, 0.1) is 0 Å². The molecule has 1 saturated heterocycles. The van der Waals surface area contributed by atoms with Gasteiger partial charge in [0.05, 0.1) is 23.8 Å². The van der Waals surface area contributed by atoms with Crippen molar-refractivity contribution in [2.75, 3.05) is 26.0 Å². The van der Waals surface area contributed by atoms with Crippen LogP contribution in [0.2, 0.25) is 0 Å². The molecule has 0 radical (unpaired) electrons. The fourth-order valence-electron chi connectivity index (χ4n) is 2.76. The van der Waals surface area contributed by atoms with Crippen LogP contribution in [0.25, 0.3) is 0 Å².